The smallest absolute Gasteiger partial charge is 0.338 e. The van der Waals surface area contributed by atoms with E-state index in [1.807, 2.05) is 261 Å². The first kappa shape index (κ1) is 71.0. The molecule has 0 spiro atoms. The molecule has 0 amide bonds. The molecule has 3 aromatic heterocycles. The van der Waals surface area contributed by atoms with Gasteiger partial charge in [-0.1, -0.05) is 206 Å². The van der Waals surface area contributed by atoms with E-state index in [1.54, 1.807) is 66.7 Å². The van der Waals surface area contributed by atoms with E-state index in [2.05, 4.69) is 26.1 Å². The van der Waals surface area contributed by atoms with Crippen molar-refractivity contribution in [1.82, 2.24) is 24.1 Å². The first-order chi connectivity index (χ1) is 56.0. The van der Waals surface area contributed by atoms with Gasteiger partial charge < -0.3 is 28.1 Å². The van der Waals surface area contributed by atoms with Crippen LogP contribution in [-0.2, 0) is 45.4 Å². The number of carbonyl (C=O) groups excluding carboxylic acids is 4. The quantitative estimate of drug-likeness (QED) is 0.0396. The van der Waals surface area contributed by atoms with Crippen molar-refractivity contribution in [1.29, 1.82) is 10.5 Å². The Labute approximate surface area is 654 Å². The van der Waals surface area contributed by atoms with Crippen molar-refractivity contribution >= 4 is 73.2 Å². The molecule has 0 aliphatic rings. The van der Waals surface area contributed by atoms with Gasteiger partial charge in [0.1, 0.15) is 26.4 Å². The van der Waals surface area contributed by atoms with Crippen LogP contribution in [-0.4, -0.2) is 48.0 Å². The second-order valence-corrected chi connectivity index (χ2v) is 27.2. The Kier molecular flexibility index (Phi) is 19.5. The van der Waals surface area contributed by atoms with Gasteiger partial charge in [-0.25, -0.2) is 39.0 Å². The van der Waals surface area contributed by atoms with Gasteiger partial charge in [-0.15, -0.1) is 0 Å². The Balaban J connectivity index is 0.871. The number of esters is 4. The molecule has 16 heteroatoms. The Morgan fingerprint density at radius 3 is 0.974 bits per heavy atom. The predicted molar refractivity (Wildman–Crippen MR) is 439 cm³/mol. The van der Waals surface area contributed by atoms with E-state index in [-0.39, 0.29) is 60.3 Å². The molecule has 114 heavy (non-hydrogen) atoms. The molecule has 0 atom stereocenters. The Morgan fingerprint density at radius 1 is 0.307 bits per heavy atom. The van der Waals surface area contributed by atoms with E-state index in [9.17, 15) is 29.7 Å². The second kappa shape index (κ2) is 31.3. The molecule has 0 fully saturated rings. The van der Waals surface area contributed by atoms with Gasteiger partial charge in [-0.05, 0) is 166 Å². The highest BCUT2D eigenvalue weighted by atomic mass is 16.5. The molecule has 0 unspecified atom stereocenters. The van der Waals surface area contributed by atoms with Crippen molar-refractivity contribution in [3.63, 3.8) is 0 Å². The molecule has 0 aliphatic heterocycles. The SMILES string of the molecule is [C-]#[N+]c1cccc(-c2ccc(-c3nc(-c4cccc(-c5cccc(C#N)c5)c4)nc(-c4ccc(-c5cccc(C#N)c5)c(-n5c6ccc(C(=O)OCc7ccccc7)cc6c6cc(C(=O)OCc7ccccc7)ccc65)c4)n3)cc2-n2c3ccc(C(=O)OCc4ccccc4)cc3c3cc(C(=O)OCc4ccccc4)ccc32)c1. The molecular formula is C98H62N8O8. The normalized spacial score (nSPS) is 11.1. The number of benzene rings is 14. The average molecular weight is 1480 g/mol. The predicted octanol–water partition coefficient (Wildman–Crippen LogP) is 21.8. The van der Waals surface area contributed by atoms with Crippen LogP contribution in [0.1, 0.15) is 74.8 Å². The number of rotatable bonds is 20. The number of nitriles is 2. The van der Waals surface area contributed by atoms with Crippen molar-refractivity contribution in [3.8, 4) is 91.1 Å². The summed E-state index contributed by atoms with van der Waals surface area (Å²) in [5.41, 5.74) is 15.7. The van der Waals surface area contributed by atoms with Gasteiger partial charge in [-0.2, -0.15) is 10.5 Å². The topological polar surface area (TPSA) is 206 Å². The highest BCUT2D eigenvalue weighted by Gasteiger charge is 2.26. The lowest BCUT2D eigenvalue weighted by molar-refractivity contribution is 0.0464. The zero-order valence-electron chi connectivity index (χ0n) is 60.8. The highest BCUT2D eigenvalue weighted by Crippen LogP contribution is 2.43. The van der Waals surface area contributed by atoms with Crippen molar-refractivity contribution in [2.24, 2.45) is 0 Å². The van der Waals surface area contributed by atoms with Gasteiger partial charge >= 0.3 is 23.9 Å². The summed E-state index contributed by atoms with van der Waals surface area (Å²) >= 11 is 0. The fourth-order valence-electron chi connectivity index (χ4n) is 14.4. The van der Waals surface area contributed by atoms with E-state index in [0.717, 1.165) is 33.4 Å². The van der Waals surface area contributed by atoms with Crippen molar-refractivity contribution < 1.29 is 38.1 Å². The Bertz CT molecular complexity index is 6240. The fraction of sp³-hybridized carbons (Fsp3) is 0.0408. The second-order valence-electron chi connectivity index (χ2n) is 27.2. The number of aromatic nitrogens is 5. The molecule has 14 aromatic carbocycles. The molecular weight excluding hydrogens is 1420 g/mol. The lowest BCUT2D eigenvalue weighted by atomic mass is 9.98. The summed E-state index contributed by atoms with van der Waals surface area (Å²) in [4.78, 5) is 76.9. The minimum Gasteiger partial charge on any atom is -0.457 e. The van der Waals surface area contributed by atoms with Gasteiger partial charge in [0, 0.05) is 49.4 Å². The van der Waals surface area contributed by atoms with Gasteiger partial charge in [0.2, 0.25) is 0 Å². The molecule has 0 saturated heterocycles. The minimum absolute atomic E-state index is 0.0407. The molecule has 542 valence electrons. The van der Waals surface area contributed by atoms with Crippen molar-refractivity contribution in [2.75, 3.05) is 0 Å². The summed E-state index contributed by atoms with van der Waals surface area (Å²) in [6.45, 7) is 8.33. The molecule has 0 saturated carbocycles. The first-order valence-electron chi connectivity index (χ1n) is 36.6. The highest BCUT2D eigenvalue weighted by molar-refractivity contribution is 6.15. The van der Waals surface area contributed by atoms with Crippen LogP contribution >= 0.6 is 0 Å². The largest absolute Gasteiger partial charge is 0.457 e. The summed E-state index contributed by atoms with van der Waals surface area (Å²) in [5.74, 6) is -1.40. The molecule has 16 nitrogen and oxygen atoms in total. The van der Waals surface area contributed by atoms with Crippen LogP contribution < -0.4 is 0 Å². The van der Waals surface area contributed by atoms with Gasteiger partial charge in [0.15, 0.2) is 23.2 Å². The third kappa shape index (κ3) is 14.6. The third-order valence-corrected chi connectivity index (χ3v) is 20.0. The summed E-state index contributed by atoms with van der Waals surface area (Å²) in [7, 11) is 0. The molecule has 3 heterocycles. The van der Waals surface area contributed by atoms with Gasteiger partial charge in [-0.3, -0.25) is 0 Å². The van der Waals surface area contributed by atoms with Crippen LogP contribution in [0.2, 0.25) is 0 Å². The van der Waals surface area contributed by atoms with E-state index < -0.39 is 23.9 Å². The number of hydrogen-bond donors (Lipinski definition) is 0. The van der Waals surface area contributed by atoms with Crippen LogP contribution in [0.25, 0.3) is 127 Å². The summed E-state index contributed by atoms with van der Waals surface area (Å²) in [5, 5.41) is 23.0. The maximum absolute atomic E-state index is 14.2. The molecule has 0 radical (unpaired) electrons. The van der Waals surface area contributed by atoms with Crippen molar-refractivity contribution in [3.05, 3.63) is 395 Å². The zero-order chi connectivity index (χ0) is 77.6. The Hall–Kier alpha value is -16.0. The van der Waals surface area contributed by atoms with E-state index >= 15 is 0 Å². The van der Waals surface area contributed by atoms with E-state index in [0.29, 0.717) is 117 Å². The summed E-state index contributed by atoms with van der Waals surface area (Å²) in [6.07, 6.45) is 0. The lowest BCUT2D eigenvalue weighted by Gasteiger charge is -2.18. The number of carbonyl (C=O) groups is 4. The number of nitrogens with zero attached hydrogens (tertiary/aromatic N) is 8. The first-order valence-corrected chi connectivity index (χ1v) is 36.6. The standard InChI is InChI=1S/C98H62N8O8/c1-101-79-33-17-31-71(49-79)81-41-35-74(55-91(81)106-88-44-38-77(97(109)113-60-64-22-10-4-11-23-64)52-84(88)85-53-78(39-45-89(85)106)98(110)114-61-65-24-12-5-13-25-65)94-103-92(72-32-16-29-69(48-72)68-28-14-26-66(46-68)56-99)102-93(104-94)73-34-40-80(70-30-15-27-67(47-70)57-100)90(54-73)105-86-42-36-75(95(107)111-58-62-18-6-2-7-19-62)50-82(86)83-51-76(37-43-87(83)105)96(108)112-59-63-20-8-3-9-21-63/h2-55H,58-61H2. The van der Waals surface area contributed by atoms with E-state index in [1.165, 1.54) is 0 Å². The van der Waals surface area contributed by atoms with Gasteiger partial charge in [0.05, 0.1) is 85.5 Å². The third-order valence-electron chi connectivity index (χ3n) is 20.0. The van der Waals surface area contributed by atoms with Crippen LogP contribution in [0.5, 0.6) is 0 Å². The van der Waals surface area contributed by atoms with Crippen molar-refractivity contribution in [2.45, 2.75) is 26.4 Å². The molecule has 17 rings (SSSR count). The maximum atomic E-state index is 14.2. The number of hydrogen-bond acceptors (Lipinski definition) is 13. The molecule has 0 N–H and O–H groups in total. The van der Waals surface area contributed by atoms with Crippen LogP contribution in [0.15, 0.2) is 328 Å². The van der Waals surface area contributed by atoms with Crippen LogP contribution in [0, 0.1) is 29.2 Å². The van der Waals surface area contributed by atoms with E-state index in [4.69, 9.17) is 40.5 Å². The maximum Gasteiger partial charge on any atom is 0.338 e. The lowest BCUT2D eigenvalue weighted by Crippen LogP contribution is -2.05. The summed E-state index contributed by atoms with van der Waals surface area (Å²) in [6, 6.07) is 105. The number of ether oxygens (including phenoxy) is 4. The molecule has 17 aromatic rings. The Morgan fingerprint density at radius 2 is 0.614 bits per heavy atom. The minimum atomic E-state index is -0.551. The number of fused-ring (bicyclic) bond motifs is 6. The summed E-state index contributed by atoms with van der Waals surface area (Å²) < 4.78 is 27.8. The van der Waals surface area contributed by atoms with Gasteiger partial charge in [0.25, 0.3) is 0 Å². The molecule has 0 aliphatic carbocycles. The van der Waals surface area contributed by atoms with Crippen LogP contribution in [0.4, 0.5) is 5.69 Å². The average Bonchev–Trinajstić information content (AvgIpc) is 1.58. The zero-order valence-corrected chi connectivity index (χ0v) is 60.8. The molecule has 0 bridgehead atoms. The fourth-order valence-corrected chi connectivity index (χ4v) is 14.4. The van der Waals surface area contributed by atoms with Crippen LogP contribution in [0.3, 0.4) is 0 Å². The monoisotopic (exact) mass is 1480 g/mol.